The molecule has 0 atom stereocenters. The van der Waals surface area contributed by atoms with Gasteiger partial charge in [0.25, 0.3) is 5.91 Å². The van der Waals surface area contributed by atoms with E-state index in [0.29, 0.717) is 6.54 Å². The van der Waals surface area contributed by atoms with Crippen molar-refractivity contribution in [2.45, 2.75) is 19.6 Å². The maximum atomic E-state index is 12.9. The zero-order chi connectivity index (χ0) is 19.8. The predicted molar refractivity (Wildman–Crippen MR) is 94.2 cm³/mol. The minimum Gasteiger partial charge on any atom is -0.288 e. The van der Waals surface area contributed by atoms with Gasteiger partial charge in [0, 0.05) is 7.05 Å². The third-order valence-electron chi connectivity index (χ3n) is 3.66. The van der Waals surface area contributed by atoms with Crippen molar-refractivity contribution in [2.24, 2.45) is 7.05 Å². The number of carbonyl (C=O) groups excluding carboxylic acids is 1. The summed E-state index contributed by atoms with van der Waals surface area (Å²) < 4.78 is 40.7. The molecule has 1 aromatic carbocycles. The SMILES string of the molecule is Cc1cccc(Cn2cnc(NC(=O)c3c(Br)c(C(F)(F)F)nn3C)n2)c1. The van der Waals surface area contributed by atoms with Crippen LogP contribution in [0.15, 0.2) is 35.1 Å². The molecule has 3 rings (SSSR count). The average Bonchev–Trinajstić information content (AvgIpc) is 3.10. The largest absolute Gasteiger partial charge is 0.436 e. The van der Waals surface area contributed by atoms with Crippen LogP contribution in [-0.4, -0.2) is 30.5 Å². The smallest absolute Gasteiger partial charge is 0.288 e. The lowest BCUT2D eigenvalue weighted by atomic mass is 10.1. The number of aryl methyl sites for hydroxylation is 2. The van der Waals surface area contributed by atoms with Gasteiger partial charge in [-0.2, -0.15) is 18.3 Å². The number of anilines is 1. The second-order valence-electron chi connectivity index (χ2n) is 5.84. The minimum absolute atomic E-state index is 0.0192. The topological polar surface area (TPSA) is 77.6 Å². The molecule has 2 heterocycles. The number of alkyl halides is 3. The molecule has 0 saturated carbocycles. The first kappa shape index (κ1) is 19.1. The van der Waals surface area contributed by atoms with Crippen LogP contribution < -0.4 is 5.32 Å². The molecule has 0 fully saturated rings. The Balaban J connectivity index is 1.76. The molecule has 142 valence electrons. The molecule has 2 aromatic heterocycles. The molecule has 11 heteroatoms. The molecule has 3 aromatic rings. The predicted octanol–water partition coefficient (Wildman–Crippen LogP) is 3.40. The molecule has 0 bridgehead atoms. The maximum absolute atomic E-state index is 12.9. The van der Waals surface area contributed by atoms with E-state index in [1.165, 1.54) is 18.1 Å². The average molecular weight is 443 g/mol. The van der Waals surface area contributed by atoms with Crippen LogP contribution in [0.1, 0.15) is 27.3 Å². The summed E-state index contributed by atoms with van der Waals surface area (Å²) >= 11 is 2.80. The Morgan fingerprint density at radius 3 is 2.67 bits per heavy atom. The Morgan fingerprint density at radius 2 is 2.04 bits per heavy atom. The number of amides is 1. The first-order valence-electron chi connectivity index (χ1n) is 7.71. The molecule has 0 saturated heterocycles. The number of rotatable bonds is 4. The summed E-state index contributed by atoms with van der Waals surface area (Å²) in [4.78, 5) is 16.3. The number of halogens is 4. The van der Waals surface area contributed by atoms with Crippen LogP contribution in [0.25, 0.3) is 0 Å². The quantitative estimate of drug-likeness (QED) is 0.671. The lowest BCUT2D eigenvalue weighted by molar-refractivity contribution is -0.142. The van der Waals surface area contributed by atoms with Crippen LogP contribution in [0.3, 0.4) is 0 Å². The zero-order valence-electron chi connectivity index (χ0n) is 14.3. The van der Waals surface area contributed by atoms with Crippen molar-refractivity contribution in [2.75, 3.05) is 5.32 Å². The monoisotopic (exact) mass is 442 g/mol. The van der Waals surface area contributed by atoms with Gasteiger partial charge in [-0.1, -0.05) is 29.8 Å². The van der Waals surface area contributed by atoms with Gasteiger partial charge in [0.1, 0.15) is 12.0 Å². The summed E-state index contributed by atoms with van der Waals surface area (Å²) in [7, 11) is 1.25. The van der Waals surface area contributed by atoms with Crippen LogP contribution in [-0.2, 0) is 19.8 Å². The highest BCUT2D eigenvalue weighted by molar-refractivity contribution is 9.10. The molecule has 7 nitrogen and oxygen atoms in total. The summed E-state index contributed by atoms with van der Waals surface area (Å²) in [6.07, 6.45) is -3.25. The fourth-order valence-corrected chi connectivity index (χ4v) is 3.25. The Hall–Kier alpha value is -2.69. The minimum atomic E-state index is -4.68. The summed E-state index contributed by atoms with van der Waals surface area (Å²) in [5.41, 5.74) is 0.648. The normalized spacial score (nSPS) is 11.6. The van der Waals surface area contributed by atoms with Crippen molar-refractivity contribution < 1.29 is 18.0 Å². The Bertz CT molecular complexity index is 994. The first-order chi connectivity index (χ1) is 12.6. The Labute approximate surface area is 160 Å². The van der Waals surface area contributed by atoms with E-state index in [1.807, 2.05) is 31.2 Å². The number of nitrogens with one attached hydrogen (secondary N) is 1. The van der Waals surface area contributed by atoms with Crippen molar-refractivity contribution in [1.82, 2.24) is 24.5 Å². The van der Waals surface area contributed by atoms with E-state index in [0.717, 1.165) is 15.8 Å². The highest BCUT2D eigenvalue weighted by Gasteiger charge is 2.39. The fourth-order valence-electron chi connectivity index (χ4n) is 2.51. The van der Waals surface area contributed by atoms with Gasteiger partial charge >= 0.3 is 6.18 Å². The van der Waals surface area contributed by atoms with E-state index in [-0.39, 0.29) is 11.6 Å². The molecule has 0 aliphatic rings. The third kappa shape index (κ3) is 4.18. The van der Waals surface area contributed by atoms with Crippen LogP contribution in [0.2, 0.25) is 0 Å². The number of benzene rings is 1. The second-order valence-corrected chi connectivity index (χ2v) is 6.63. The fraction of sp³-hybridized carbons (Fsp3) is 0.250. The van der Waals surface area contributed by atoms with Gasteiger partial charge in [-0.3, -0.25) is 14.8 Å². The molecule has 1 amide bonds. The van der Waals surface area contributed by atoms with Gasteiger partial charge in [0.2, 0.25) is 5.95 Å². The van der Waals surface area contributed by atoms with Gasteiger partial charge in [-0.25, -0.2) is 9.67 Å². The summed E-state index contributed by atoms with van der Waals surface area (Å²) in [5.74, 6) is -0.824. The van der Waals surface area contributed by atoms with Gasteiger partial charge in [-0.15, -0.1) is 5.10 Å². The van der Waals surface area contributed by atoms with Crippen molar-refractivity contribution in [3.8, 4) is 0 Å². The van der Waals surface area contributed by atoms with E-state index >= 15 is 0 Å². The van der Waals surface area contributed by atoms with Crippen LogP contribution in [0.4, 0.5) is 19.1 Å². The standard InChI is InChI=1S/C16H14BrF3N6O/c1-9-4-3-5-10(6-9)7-26-8-21-15(24-26)22-14(27)12-11(17)13(16(18,19)20)23-25(12)2/h3-6,8H,7H2,1-2H3,(H,22,24,27). The molecule has 27 heavy (non-hydrogen) atoms. The molecular weight excluding hydrogens is 429 g/mol. The van der Waals surface area contributed by atoms with E-state index in [2.05, 4.69) is 36.4 Å². The van der Waals surface area contributed by atoms with Gasteiger partial charge in [-0.05, 0) is 28.4 Å². The van der Waals surface area contributed by atoms with Gasteiger partial charge in [0.15, 0.2) is 5.69 Å². The summed E-state index contributed by atoms with van der Waals surface area (Å²) in [6.45, 7) is 2.41. The second kappa shape index (κ2) is 7.14. The van der Waals surface area contributed by atoms with Gasteiger partial charge in [0.05, 0.1) is 11.0 Å². The van der Waals surface area contributed by atoms with Crippen LogP contribution in [0.5, 0.6) is 0 Å². The molecule has 0 radical (unpaired) electrons. The first-order valence-corrected chi connectivity index (χ1v) is 8.50. The van der Waals surface area contributed by atoms with E-state index in [1.54, 1.807) is 0 Å². The molecule has 0 spiro atoms. The lowest BCUT2D eigenvalue weighted by Gasteiger charge is -2.04. The molecule has 0 aliphatic heterocycles. The molecule has 1 N–H and O–H groups in total. The van der Waals surface area contributed by atoms with E-state index in [9.17, 15) is 18.0 Å². The van der Waals surface area contributed by atoms with Crippen LogP contribution in [0, 0.1) is 6.92 Å². The highest BCUT2D eigenvalue weighted by atomic mass is 79.9. The number of nitrogens with zero attached hydrogens (tertiary/aromatic N) is 5. The highest BCUT2D eigenvalue weighted by Crippen LogP contribution is 2.35. The van der Waals surface area contributed by atoms with Crippen molar-refractivity contribution >= 4 is 27.8 Å². The molecule has 0 aliphatic carbocycles. The maximum Gasteiger partial charge on any atom is 0.436 e. The van der Waals surface area contributed by atoms with E-state index < -0.39 is 22.3 Å². The summed E-state index contributed by atoms with van der Waals surface area (Å²) in [6, 6.07) is 7.81. The van der Waals surface area contributed by atoms with Gasteiger partial charge < -0.3 is 0 Å². The van der Waals surface area contributed by atoms with Crippen molar-refractivity contribution in [3.63, 3.8) is 0 Å². The summed E-state index contributed by atoms with van der Waals surface area (Å²) in [5, 5.41) is 9.86. The number of aromatic nitrogens is 5. The number of carbonyl (C=O) groups is 1. The van der Waals surface area contributed by atoms with E-state index in [4.69, 9.17) is 0 Å². The van der Waals surface area contributed by atoms with Crippen LogP contribution >= 0.6 is 15.9 Å². The zero-order valence-corrected chi connectivity index (χ0v) is 15.8. The lowest BCUT2D eigenvalue weighted by Crippen LogP contribution is -2.17. The molecule has 0 unspecified atom stereocenters. The Morgan fingerprint density at radius 1 is 1.30 bits per heavy atom. The van der Waals surface area contributed by atoms with Crippen molar-refractivity contribution in [3.05, 3.63) is 57.6 Å². The number of hydrogen-bond acceptors (Lipinski definition) is 4. The third-order valence-corrected chi connectivity index (χ3v) is 4.41. The van der Waals surface area contributed by atoms with Crippen molar-refractivity contribution in [1.29, 1.82) is 0 Å². The number of hydrogen-bond donors (Lipinski definition) is 1. The molecular formula is C16H14BrF3N6O. The Kier molecular flexibility index (Phi) is 5.05.